The van der Waals surface area contributed by atoms with Gasteiger partial charge in [-0.2, -0.15) is 0 Å². The number of benzene rings is 2. The maximum absolute atomic E-state index is 3.60. The Morgan fingerprint density at radius 3 is 2.35 bits per heavy atom. The van der Waals surface area contributed by atoms with Crippen LogP contribution in [0.1, 0.15) is 42.1 Å². The Morgan fingerprint density at radius 1 is 1.05 bits per heavy atom. The predicted molar refractivity (Wildman–Crippen MR) is 90.2 cm³/mol. The lowest BCUT2D eigenvalue weighted by molar-refractivity contribution is 0.627. The Balaban J connectivity index is 2.41. The molecule has 0 fully saturated rings. The third-order valence-corrected chi connectivity index (χ3v) is 4.18. The van der Waals surface area contributed by atoms with Crippen molar-refractivity contribution in [3.8, 4) is 0 Å². The topological polar surface area (TPSA) is 12.0 Å². The SMILES string of the molecule is CCNC(c1ccc(CC)cc1)c1cc(Br)ccc1C. The highest BCUT2D eigenvalue weighted by atomic mass is 79.9. The van der Waals surface area contributed by atoms with Crippen LogP contribution in [0.5, 0.6) is 0 Å². The maximum atomic E-state index is 3.60. The summed E-state index contributed by atoms with van der Waals surface area (Å²) in [5.74, 6) is 0. The van der Waals surface area contributed by atoms with Gasteiger partial charge >= 0.3 is 0 Å². The van der Waals surface area contributed by atoms with Gasteiger partial charge in [0.1, 0.15) is 0 Å². The van der Waals surface area contributed by atoms with Crippen LogP contribution in [0.3, 0.4) is 0 Å². The quantitative estimate of drug-likeness (QED) is 0.811. The molecule has 1 N–H and O–H groups in total. The van der Waals surface area contributed by atoms with E-state index in [2.05, 4.69) is 84.5 Å². The van der Waals surface area contributed by atoms with Crippen molar-refractivity contribution in [2.45, 2.75) is 33.2 Å². The molecule has 106 valence electrons. The van der Waals surface area contributed by atoms with E-state index in [9.17, 15) is 0 Å². The Morgan fingerprint density at radius 2 is 1.75 bits per heavy atom. The molecule has 1 atom stereocenters. The molecule has 0 radical (unpaired) electrons. The van der Waals surface area contributed by atoms with E-state index in [1.807, 2.05) is 0 Å². The van der Waals surface area contributed by atoms with E-state index in [1.165, 1.54) is 22.3 Å². The molecule has 2 rings (SSSR count). The minimum Gasteiger partial charge on any atom is -0.307 e. The summed E-state index contributed by atoms with van der Waals surface area (Å²) in [6.07, 6.45) is 1.09. The molecule has 0 aromatic heterocycles. The zero-order valence-corrected chi connectivity index (χ0v) is 14.0. The van der Waals surface area contributed by atoms with E-state index in [0.717, 1.165) is 17.4 Å². The minimum atomic E-state index is 0.253. The van der Waals surface area contributed by atoms with Gasteiger partial charge in [-0.05, 0) is 54.3 Å². The molecule has 1 unspecified atom stereocenters. The van der Waals surface area contributed by atoms with Gasteiger partial charge in [0.15, 0.2) is 0 Å². The summed E-state index contributed by atoms with van der Waals surface area (Å²) in [6.45, 7) is 7.47. The van der Waals surface area contributed by atoms with Crippen molar-refractivity contribution >= 4 is 15.9 Å². The van der Waals surface area contributed by atoms with Crippen LogP contribution in [-0.2, 0) is 6.42 Å². The fourth-order valence-corrected chi connectivity index (χ4v) is 2.86. The van der Waals surface area contributed by atoms with Gasteiger partial charge in [-0.1, -0.05) is 60.1 Å². The minimum absolute atomic E-state index is 0.253. The molecule has 0 aliphatic heterocycles. The van der Waals surface area contributed by atoms with Crippen molar-refractivity contribution in [3.63, 3.8) is 0 Å². The molecule has 2 aromatic rings. The fourth-order valence-electron chi connectivity index (χ4n) is 2.48. The average Bonchev–Trinajstić information content (AvgIpc) is 2.48. The monoisotopic (exact) mass is 331 g/mol. The largest absolute Gasteiger partial charge is 0.307 e. The van der Waals surface area contributed by atoms with Crippen LogP contribution in [0.25, 0.3) is 0 Å². The first-order valence-corrected chi connectivity index (χ1v) is 8.03. The maximum Gasteiger partial charge on any atom is 0.0579 e. The van der Waals surface area contributed by atoms with Crippen LogP contribution in [-0.4, -0.2) is 6.54 Å². The van der Waals surface area contributed by atoms with E-state index in [0.29, 0.717) is 0 Å². The van der Waals surface area contributed by atoms with E-state index in [4.69, 9.17) is 0 Å². The summed E-state index contributed by atoms with van der Waals surface area (Å²) in [6, 6.07) is 15.7. The smallest absolute Gasteiger partial charge is 0.0579 e. The zero-order chi connectivity index (χ0) is 14.5. The van der Waals surface area contributed by atoms with Crippen LogP contribution >= 0.6 is 15.9 Å². The van der Waals surface area contributed by atoms with Crippen molar-refractivity contribution in [2.75, 3.05) is 6.54 Å². The number of rotatable bonds is 5. The summed E-state index contributed by atoms with van der Waals surface area (Å²) < 4.78 is 1.13. The molecule has 0 spiro atoms. The zero-order valence-electron chi connectivity index (χ0n) is 12.4. The predicted octanol–water partition coefficient (Wildman–Crippen LogP) is 5.02. The van der Waals surface area contributed by atoms with Crippen molar-refractivity contribution < 1.29 is 0 Å². The summed E-state index contributed by atoms with van der Waals surface area (Å²) in [7, 11) is 0. The number of halogens is 1. The lowest BCUT2D eigenvalue weighted by Gasteiger charge is -2.21. The molecular formula is C18H22BrN. The molecule has 1 nitrogen and oxygen atoms in total. The van der Waals surface area contributed by atoms with E-state index >= 15 is 0 Å². The molecule has 0 amide bonds. The van der Waals surface area contributed by atoms with E-state index < -0.39 is 0 Å². The van der Waals surface area contributed by atoms with Gasteiger partial charge in [0, 0.05) is 4.47 Å². The number of nitrogens with one attached hydrogen (secondary N) is 1. The highest BCUT2D eigenvalue weighted by Crippen LogP contribution is 2.27. The molecule has 0 saturated carbocycles. The van der Waals surface area contributed by atoms with Crippen molar-refractivity contribution in [1.29, 1.82) is 0 Å². The van der Waals surface area contributed by atoms with Gasteiger partial charge in [-0.25, -0.2) is 0 Å². The Bertz CT molecular complexity index is 560. The number of hydrogen-bond acceptors (Lipinski definition) is 1. The highest BCUT2D eigenvalue weighted by molar-refractivity contribution is 9.10. The van der Waals surface area contributed by atoms with E-state index in [1.54, 1.807) is 0 Å². The molecule has 0 bridgehead atoms. The van der Waals surface area contributed by atoms with Crippen LogP contribution in [0, 0.1) is 6.92 Å². The van der Waals surface area contributed by atoms with Crippen LogP contribution in [0.4, 0.5) is 0 Å². The van der Waals surface area contributed by atoms with Crippen molar-refractivity contribution in [3.05, 3.63) is 69.2 Å². The highest BCUT2D eigenvalue weighted by Gasteiger charge is 2.15. The Labute approximate surface area is 130 Å². The standard InChI is InChI=1S/C18H22BrN/c1-4-14-7-9-15(10-8-14)18(20-5-2)17-12-16(19)11-6-13(17)3/h6-12,18,20H,4-5H2,1-3H3. The third-order valence-electron chi connectivity index (χ3n) is 3.68. The van der Waals surface area contributed by atoms with Crippen LogP contribution in [0.15, 0.2) is 46.9 Å². The first-order chi connectivity index (χ1) is 9.65. The average molecular weight is 332 g/mol. The first-order valence-electron chi connectivity index (χ1n) is 7.24. The van der Waals surface area contributed by atoms with Gasteiger partial charge in [0.2, 0.25) is 0 Å². The second-order valence-corrected chi connectivity index (χ2v) is 6.00. The summed E-state index contributed by atoms with van der Waals surface area (Å²) in [4.78, 5) is 0. The van der Waals surface area contributed by atoms with Gasteiger partial charge in [-0.3, -0.25) is 0 Å². The van der Waals surface area contributed by atoms with Crippen molar-refractivity contribution in [2.24, 2.45) is 0 Å². The lowest BCUT2D eigenvalue weighted by Crippen LogP contribution is -2.22. The molecular weight excluding hydrogens is 310 g/mol. The van der Waals surface area contributed by atoms with Crippen molar-refractivity contribution in [1.82, 2.24) is 5.32 Å². The number of aryl methyl sites for hydroxylation is 2. The molecule has 0 aliphatic carbocycles. The molecule has 0 aliphatic rings. The van der Waals surface area contributed by atoms with Gasteiger partial charge in [0.05, 0.1) is 6.04 Å². The van der Waals surface area contributed by atoms with Crippen LogP contribution < -0.4 is 5.32 Å². The molecule has 0 saturated heterocycles. The Kier molecular flexibility index (Phi) is 5.38. The van der Waals surface area contributed by atoms with Gasteiger partial charge in [0.25, 0.3) is 0 Å². The second-order valence-electron chi connectivity index (χ2n) is 5.09. The molecule has 2 aromatic carbocycles. The lowest BCUT2D eigenvalue weighted by atomic mass is 9.94. The summed E-state index contributed by atoms with van der Waals surface area (Å²) in [5, 5.41) is 3.60. The van der Waals surface area contributed by atoms with Gasteiger partial charge < -0.3 is 5.32 Å². The second kappa shape index (κ2) is 7.05. The molecule has 2 heteroatoms. The molecule has 20 heavy (non-hydrogen) atoms. The van der Waals surface area contributed by atoms with Gasteiger partial charge in [-0.15, -0.1) is 0 Å². The first kappa shape index (κ1) is 15.3. The fraction of sp³-hybridized carbons (Fsp3) is 0.333. The number of hydrogen-bond donors (Lipinski definition) is 1. The summed E-state index contributed by atoms with van der Waals surface area (Å²) >= 11 is 3.58. The van der Waals surface area contributed by atoms with Crippen LogP contribution in [0.2, 0.25) is 0 Å². The third kappa shape index (κ3) is 3.50. The van der Waals surface area contributed by atoms with E-state index in [-0.39, 0.29) is 6.04 Å². The Hall–Kier alpha value is -1.12. The molecule has 0 heterocycles. The summed E-state index contributed by atoms with van der Waals surface area (Å²) in [5.41, 5.74) is 5.37. The normalized spacial score (nSPS) is 12.4.